The van der Waals surface area contributed by atoms with Crippen LogP contribution in [0.25, 0.3) is 0 Å². The smallest absolute Gasteiger partial charge is 0.272 e. The Bertz CT molecular complexity index is 643. The monoisotopic (exact) mass is 361 g/mol. The summed E-state index contributed by atoms with van der Waals surface area (Å²) in [4.78, 5) is 22.5. The molecule has 5 nitrogen and oxygen atoms in total. The van der Waals surface area contributed by atoms with E-state index in [0.717, 1.165) is 17.3 Å². The second kappa shape index (κ2) is 6.87. The molecule has 0 N–H and O–H groups in total. The maximum Gasteiger partial charge on any atom is 0.272 e. The van der Waals surface area contributed by atoms with Crippen LogP contribution in [0.1, 0.15) is 23.3 Å². The summed E-state index contributed by atoms with van der Waals surface area (Å²) < 4.78 is 6.76. The van der Waals surface area contributed by atoms with Gasteiger partial charge in [0.05, 0.1) is 4.47 Å². The molecule has 2 aromatic rings. The molecule has 114 valence electrons. The van der Waals surface area contributed by atoms with Crippen LogP contribution in [0.2, 0.25) is 0 Å². The lowest BCUT2D eigenvalue weighted by Crippen LogP contribution is -2.42. The summed E-state index contributed by atoms with van der Waals surface area (Å²) in [5.74, 6) is 0.593. The molecule has 1 amide bonds. The lowest BCUT2D eigenvalue weighted by molar-refractivity contribution is 0.0581. The van der Waals surface area contributed by atoms with Crippen molar-refractivity contribution in [3.63, 3.8) is 0 Å². The normalized spacial score (nSPS) is 15.6. The number of piperidine rings is 1. The van der Waals surface area contributed by atoms with E-state index in [1.807, 2.05) is 29.2 Å². The molecule has 1 saturated heterocycles. The van der Waals surface area contributed by atoms with Crippen LogP contribution < -0.4 is 4.74 Å². The summed E-state index contributed by atoms with van der Waals surface area (Å²) in [5, 5.41) is 0. The van der Waals surface area contributed by atoms with Crippen LogP contribution in [0.4, 0.5) is 0 Å². The molecule has 1 aliphatic heterocycles. The number of ether oxygens (including phenoxy) is 1. The van der Waals surface area contributed by atoms with Crippen LogP contribution in [-0.2, 0) is 0 Å². The van der Waals surface area contributed by atoms with Crippen molar-refractivity contribution >= 4 is 21.8 Å². The first-order valence-corrected chi connectivity index (χ1v) is 8.01. The number of carbonyl (C=O) groups is 1. The molecule has 0 atom stereocenters. The molecule has 2 aromatic heterocycles. The zero-order valence-corrected chi connectivity index (χ0v) is 13.6. The summed E-state index contributed by atoms with van der Waals surface area (Å²) in [5.41, 5.74) is 0.495. The number of likely N-dealkylation sites (tertiary alicyclic amines) is 1. The van der Waals surface area contributed by atoms with Crippen molar-refractivity contribution in [3.8, 4) is 5.88 Å². The molecule has 3 rings (SSSR count). The SMILES string of the molecule is O=C(c1ccccn1)N1CCC(Oc2ncccc2Br)CC1. The Kier molecular flexibility index (Phi) is 4.68. The molecule has 1 fully saturated rings. The summed E-state index contributed by atoms with van der Waals surface area (Å²) in [6, 6.07) is 9.14. The molecular weight excluding hydrogens is 346 g/mol. The van der Waals surface area contributed by atoms with E-state index in [0.29, 0.717) is 24.7 Å². The second-order valence-corrected chi connectivity index (χ2v) is 5.97. The maximum absolute atomic E-state index is 12.3. The molecule has 0 radical (unpaired) electrons. The van der Waals surface area contributed by atoms with Crippen molar-refractivity contribution < 1.29 is 9.53 Å². The maximum atomic E-state index is 12.3. The fraction of sp³-hybridized carbons (Fsp3) is 0.312. The summed E-state index contributed by atoms with van der Waals surface area (Å²) in [7, 11) is 0. The van der Waals surface area contributed by atoms with E-state index >= 15 is 0 Å². The molecule has 0 saturated carbocycles. The van der Waals surface area contributed by atoms with Crippen LogP contribution in [0.3, 0.4) is 0 Å². The Morgan fingerprint density at radius 2 is 1.91 bits per heavy atom. The highest BCUT2D eigenvalue weighted by atomic mass is 79.9. The second-order valence-electron chi connectivity index (χ2n) is 5.11. The number of hydrogen-bond acceptors (Lipinski definition) is 4. The van der Waals surface area contributed by atoms with E-state index in [9.17, 15) is 4.79 Å². The van der Waals surface area contributed by atoms with Crippen LogP contribution in [-0.4, -0.2) is 40.0 Å². The van der Waals surface area contributed by atoms with Crippen LogP contribution in [0.5, 0.6) is 5.88 Å². The van der Waals surface area contributed by atoms with Crippen LogP contribution in [0, 0.1) is 0 Å². The van der Waals surface area contributed by atoms with Gasteiger partial charge in [0.2, 0.25) is 5.88 Å². The first-order valence-electron chi connectivity index (χ1n) is 7.21. The molecule has 1 aliphatic rings. The Morgan fingerprint density at radius 1 is 1.14 bits per heavy atom. The highest BCUT2D eigenvalue weighted by Gasteiger charge is 2.25. The van der Waals surface area contributed by atoms with Gasteiger partial charge in [-0.25, -0.2) is 4.98 Å². The van der Waals surface area contributed by atoms with Crippen molar-refractivity contribution in [1.29, 1.82) is 0 Å². The van der Waals surface area contributed by atoms with Crippen molar-refractivity contribution in [1.82, 2.24) is 14.9 Å². The number of amides is 1. The zero-order valence-electron chi connectivity index (χ0n) is 12.0. The van der Waals surface area contributed by atoms with Gasteiger partial charge in [0.25, 0.3) is 5.91 Å². The highest BCUT2D eigenvalue weighted by molar-refractivity contribution is 9.10. The molecule has 22 heavy (non-hydrogen) atoms. The van der Waals surface area contributed by atoms with Crippen LogP contribution >= 0.6 is 15.9 Å². The number of halogens is 1. The Hall–Kier alpha value is -1.95. The number of nitrogens with zero attached hydrogens (tertiary/aromatic N) is 3. The summed E-state index contributed by atoms with van der Waals surface area (Å²) in [6.45, 7) is 1.34. The average molecular weight is 362 g/mol. The number of rotatable bonds is 3. The van der Waals surface area contributed by atoms with Gasteiger partial charge in [-0.15, -0.1) is 0 Å². The minimum atomic E-state index is -0.0157. The minimum absolute atomic E-state index is 0.0157. The number of pyridine rings is 2. The lowest BCUT2D eigenvalue weighted by atomic mass is 10.1. The Morgan fingerprint density at radius 3 is 2.59 bits per heavy atom. The summed E-state index contributed by atoms with van der Waals surface area (Å²) >= 11 is 3.43. The third-order valence-corrected chi connectivity index (χ3v) is 4.22. The van der Waals surface area contributed by atoms with Crippen molar-refractivity contribution in [2.75, 3.05) is 13.1 Å². The van der Waals surface area contributed by atoms with Gasteiger partial charge in [-0.05, 0) is 40.2 Å². The first kappa shape index (κ1) is 15.0. The topological polar surface area (TPSA) is 55.3 Å². The fourth-order valence-electron chi connectivity index (χ4n) is 2.44. The quantitative estimate of drug-likeness (QED) is 0.843. The van der Waals surface area contributed by atoms with E-state index in [1.165, 1.54) is 0 Å². The molecule has 0 aromatic carbocycles. The van der Waals surface area contributed by atoms with E-state index in [2.05, 4.69) is 25.9 Å². The molecule has 3 heterocycles. The third kappa shape index (κ3) is 3.44. The van der Waals surface area contributed by atoms with E-state index < -0.39 is 0 Å². The van der Waals surface area contributed by atoms with Gasteiger partial charge in [0.15, 0.2) is 0 Å². The Labute approximate surface area is 137 Å². The van der Waals surface area contributed by atoms with Gasteiger partial charge in [-0.1, -0.05) is 6.07 Å². The van der Waals surface area contributed by atoms with Crippen LogP contribution in [0.15, 0.2) is 47.2 Å². The first-order chi connectivity index (χ1) is 10.7. The molecule has 0 unspecified atom stereocenters. The van der Waals surface area contributed by atoms with Gasteiger partial charge >= 0.3 is 0 Å². The predicted octanol–water partition coefficient (Wildman–Crippen LogP) is 2.92. The number of aromatic nitrogens is 2. The predicted molar refractivity (Wildman–Crippen MR) is 85.7 cm³/mol. The largest absolute Gasteiger partial charge is 0.473 e. The molecule has 0 bridgehead atoms. The fourth-order valence-corrected chi connectivity index (χ4v) is 2.79. The highest BCUT2D eigenvalue weighted by Crippen LogP contribution is 2.25. The minimum Gasteiger partial charge on any atom is -0.473 e. The van der Waals surface area contributed by atoms with E-state index in [1.54, 1.807) is 18.5 Å². The van der Waals surface area contributed by atoms with E-state index in [4.69, 9.17) is 4.74 Å². The average Bonchev–Trinajstić information content (AvgIpc) is 2.58. The Balaban J connectivity index is 1.57. The van der Waals surface area contributed by atoms with Crippen molar-refractivity contribution in [2.24, 2.45) is 0 Å². The van der Waals surface area contributed by atoms with Crippen molar-refractivity contribution in [2.45, 2.75) is 18.9 Å². The van der Waals surface area contributed by atoms with Crippen molar-refractivity contribution in [3.05, 3.63) is 52.9 Å². The summed E-state index contributed by atoms with van der Waals surface area (Å²) in [6.07, 6.45) is 5.02. The zero-order chi connectivity index (χ0) is 15.4. The van der Waals surface area contributed by atoms with Gasteiger partial charge < -0.3 is 9.64 Å². The molecular formula is C16H16BrN3O2. The lowest BCUT2D eigenvalue weighted by Gasteiger charge is -2.31. The molecule has 6 heteroatoms. The van der Waals surface area contributed by atoms with Gasteiger partial charge in [-0.3, -0.25) is 9.78 Å². The molecule has 0 spiro atoms. The van der Waals surface area contributed by atoms with Gasteiger partial charge in [-0.2, -0.15) is 0 Å². The third-order valence-electron chi connectivity index (χ3n) is 3.62. The standard InChI is InChI=1S/C16H16BrN3O2/c17-13-4-3-9-19-15(13)22-12-6-10-20(11-7-12)16(21)14-5-1-2-8-18-14/h1-5,8-9,12H,6-7,10-11H2. The van der Waals surface area contributed by atoms with E-state index in [-0.39, 0.29) is 12.0 Å². The van der Waals surface area contributed by atoms with Gasteiger partial charge in [0.1, 0.15) is 11.8 Å². The number of carbonyl (C=O) groups excluding carboxylic acids is 1. The number of hydrogen-bond donors (Lipinski definition) is 0. The molecule has 0 aliphatic carbocycles. The van der Waals surface area contributed by atoms with Gasteiger partial charge in [0, 0.05) is 38.3 Å².